The summed E-state index contributed by atoms with van der Waals surface area (Å²) < 4.78 is 67.5. The van der Waals surface area contributed by atoms with E-state index in [1.165, 1.54) is 50.6 Å². The average molecular weight is 500 g/mol. The Balaban J connectivity index is 1.77. The van der Waals surface area contributed by atoms with Gasteiger partial charge in [0.1, 0.15) is 34.1 Å². The fourth-order valence-corrected chi connectivity index (χ4v) is 3.51. The molecular formula is C26H19F3O7. The van der Waals surface area contributed by atoms with Crippen LogP contribution in [0.15, 0.2) is 69.9 Å². The van der Waals surface area contributed by atoms with Crippen molar-refractivity contribution in [1.82, 2.24) is 0 Å². The molecule has 0 aliphatic rings. The summed E-state index contributed by atoms with van der Waals surface area (Å²) in [5.74, 6) is -3.28. The Labute approximate surface area is 202 Å². The Bertz CT molecular complexity index is 1480. The quantitative estimate of drug-likeness (QED) is 0.232. The van der Waals surface area contributed by atoms with Gasteiger partial charge in [-0.2, -0.15) is 13.2 Å². The van der Waals surface area contributed by atoms with Gasteiger partial charge in [0.25, 0.3) is 5.76 Å². The number of ether oxygens (including phenoxy) is 4. The van der Waals surface area contributed by atoms with Gasteiger partial charge in [0.2, 0.25) is 11.2 Å². The summed E-state index contributed by atoms with van der Waals surface area (Å²) >= 11 is 0. The van der Waals surface area contributed by atoms with E-state index in [1.807, 2.05) is 0 Å². The van der Waals surface area contributed by atoms with Crippen LogP contribution in [0.3, 0.4) is 0 Å². The number of aryl methyl sites for hydroxylation is 1. The Morgan fingerprint density at radius 3 is 2.17 bits per heavy atom. The molecule has 10 heteroatoms. The Morgan fingerprint density at radius 2 is 1.56 bits per heavy atom. The fraction of sp³-hybridized carbons (Fsp3) is 0.154. The number of carbonyl (C=O) groups excluding carboxylic acids is 1. The molecule has 0 N–H and O–H groups in total. The van der Waals surface area contributed by atoms with Crippen molar-refractivity contribution < 1.29 is 41.3 Å². The predicted octanol–water partition coefficient (Wildman–Crippen LogP) is 6.15. The van der Waals surface area contributed by atoms with Crippen molar-refractivity contribution in [2.45, 2.75) is 13.1 Å². The maximum absolute atomic E-state index is 13.8. The molecule has 0 bridgehead atoms. The molecule has 0 aliphatic heterocycles. The molecular weight excluding hydrogens is 481 g/mol. The lowest BCUT2D eigenvalue weighted by molar-refractivity contribution is -0.154. The highest BCUT2D eigenvalue weighted by atomic mass is 19.4. The molecule has 0 aliphatic carbocycles. The summed E-state index contributed by atoms with van der Waals surface area (Å²) in [4.78, 5) is 25.8. The van der Waals surface area contributed by atoms with Gasteiger partial charge >= 0.3 is 12.1 Å². The molecule has 0 amide bonds. The van der Waals surface area contributed by atoms with Gasteiger partial charge in [0.05, 0.1) is 19.6 Å². The number of hydrogen-bond donors (Lipinski definition) is 0. The number of carbonyl (C=O) groups is 1. The smallest absolute Gasteiger partial charge is 0.453 e. The van der Waals surface area contributed by atoms with E-state index >= 15 is 0 Å². The van der Waals surface area contributed by atoms with Crippen LogP contribution in [0.25, 0.3) is 11.0 Å². The largest absolute Gasteiger partial charge is 0.496 e. The van der Waals surface area contributed by atoms with E-state index < -0.39 is 34.7 Å². The van der Waals surface area contributed by atoms with Crippen LogP contribution < -0.4 is 24.4 Å². The van der Waals surface area contributed by atoms with Crippen LogP contribution in [-0.2, 0) is 6.18 Å². The van der Waals surface area contributed by atoms with E-state index in [4.69, 9.17) is 23.4 Å². The van der Waals surface area contributed by atoms with Crippen LogP contribution in [-0.4, -0.2) is 20.2 Å². The van der Waals surface area contributed by atoms with E-state index in [1.54, 1.807) is 25.1 Å². The number of methoxy groups -OCH3 is 2. The summed E-state index contributed by atoms with van der Waals surface area (Å²) in [5, 5.41) is -0.194. The van der Waals surface area contributed by atoms with Gasteiger partial charge in [-0.3, -0.25) is 4.79 Å². The molecule has 0 saturated heterocycles. The first kappa shape index (κ1) is 24.6. The van der Waals surface area contributed by atoms with Gasteiger partial charge in [-0.25, -0.2) is 4.79 Å². The summed E-state index contributed by atoms with van der Waals surface area (Å²) in [5.41, 5.74) is -0.776. The molecule has 0 fully saturated rings. The maximum Gasteiger partial charge on any atom is 0.453 e. The zero-order valence-corrected chi connectivity index (χ0v) is 19.3. The molecule has 3 aromatic carbocycles. The predicted molar refractivity (Wildman–Crippen MR) is 123 cm³/mol. The van der Waals surface area contributed by atoms with Crippen molar-refractivity contribution in [1.29, 1.82) is 0 Å². The molecule has 7 nitrogen and oxygen atoms in total. The SMILES string of the molecule is COc1cccc(OC)c1C(=O)Oc1ccc2c(=O)c(Oc3cccc(C)c3)c(C(F)(F)F)oc2c1. The molecule has 1 aromatic heterocycles. The number of fused-ring (bicyclic) bond motifs is 1. The van der Waals surface area contributed by atoms with Gasteiger partial charge in [-0.1, -0.05) is 18.2 Å². The lowest BCUT2D eigenvalue weighted by Gasteiger charge is -2.14. The van der Waals surface area contributed by atoms with Gasteiger partial charge in [-0.15, -0.1) is 0 Å². The molecule has 4 aromatic rings. The second-order valence-electron chi connectivity index (χ2n) is 7.59. The van der Waals surface area contributed by atoms with Crippen molar-refractivity contribution in [3.8, 4) is 28.7 Å². The normalized spacial score (nSPS) is 11.3. The third-order valence-corrected chi connectivity index (χ3v) is 5.13. The minimum absolute atomic E-state index is 0.0260. The van der Waals surface area contributed by atoms with Crippen molar-refractivity contribution in [3.05, 3.63) is 87.8 Å². The van der Waals surface area contributed by atoms with E-state index in [0.717, 1.165) is 11.6 Å². The molecule has 4 rings (SSSR count). The molecule has 0 spiro atoms. The zero-order valence-electron chi connectivity index (χ0n) is 19.3. The number of rotatable bonds is 6. The van der Waals surface area contributed by atoms with Crippen molar-refractivity contribution >= 4 is 16.9 Å². The third-order valence-electron chi connectivity index (χ3n) is 5.13. The molecule has 0 radical (unpaired) electrons. The lowest BCUT2D eigenvalue weighted by Crippen LogP contribution is -2.16. The van der Waals surface area contributed by atoms with E-state index in [-0.39, 0.29) is 33.9 Å². The number of alkyl halides is 3. The minimum Gasteiger partial charge on any atom is -0.496 e. The minimum atomic E-state index is -5.04. The molecule has 0 atom stereocenters. The third kappa shape index (κ3) is 4.83. The highest BCUT2D eigenvalue weighted by molar-refractivity contribution is 5.97. The number of esters is 1. The van der Waals surface area contributed by atoms with Crippen LogP contribution in [0.5, 0.6) is 28.7 Å². The second kappa shape index (κ2) is 9.65. The Hall–Kier alpha value is -4.47. The van der Waals surface area contributed by atoms with Crippen LogP contribution >= 0.6 is 0 Å². The summed E-state index contributed by atoms with van der Waals surface area (Å²) in [6.45, 7) is 1.73. The van der Waals surface area contributed by atoms with Crippen molar-refractivity contribution in [2.75, 3.05) is 14.2 Å². The Kier molecular flexibility index (Phi) is 6.61. The summed E-state index contributed by atoms with van der Waals surface area (Å²) in [6, 6.07) is 14.3. The zero-order chi connectivity index (χ0) is 26.0. The maximum atomic E-state index is 13.8. The van der Waals surface area contributed by atoms with Crippen molar-refractivity contribution in [2.24, 2.45) is 0 Å². The average Bonchev–Trinajstić information content (AvgIpc) is 2.84. The molecule has 186 valence electrons. The van der Waals surface area contributed by atoms with Gasteiger partial charge in [-0.05, 0) is 48.9 Å². The highest BCUT2D eigenvalue weighted by Gasteiger charge is 2.40. The lowest BCUT2D eigenvalue weighted by atomic mass is 10.1. The molecule has 0 saturated carbocycles. The van der Waals surface area contributed by atoms with Crippen LogP contribution in [0.1, 0.15) is 21.7 Å². The molecule has 0 unspecified atom stereocenters. The van der Waals surface area contributed by atoms with E-state index in [2.05, 4.69) is 0 Å². The molecule has 36 heavy (non-hydrogen) atoms. The van der Waals surface area contributed by atoms with Crippen LogP contribution in [0, 0.1) is 6.92 Å². The second-order valence-corrected chi connectivity index (χ2v) is 7.59. The van der Waals surface area contributed by atoms with Crippen LogP contribution in [0.4, 0.5) is 13.2 Å². The monoisotopic (exact) mass is 500 g/mol. The number of hydrogen-bond acceptors (Lipinski definition) is 7. The first-order chi connectivity index (χ1) is 17.1. The summed E-state index contributed by atoms with van der Waals surface area (Å²) in [6.07, 6.45) is -5.04. The first-order valence-corrected chi connectivity index (χ1v) is 10.5. The van der Waals surface area contributed by atoms with E-state index in [0.29, 0.717) is 0 Å². The van der Waals surface area contributed by atoms with Crippen molar-refractivity contribution in [3.63, 3.8) is 0 Å². The number of halogens is 3. The van der Waals surface area contributed by atoms with Gasteiger partial charge in [0.15, 0.2) is 0 Å². The standard InChI is InChI=1S/C26H19F3O7/c1-14-6-4-7-15(12-14)34-23-22(30)17-11-10-16(13-20(17)36-24(23)26(27,28)29)35-25(31)21-18(32-2)8-5-9-19(21)33-3/h4-13H,1-3H3. The highest BCUT2D eigenvalue weighted by Crippen LogP contribution is 2.39. The first-order valence-electron chi connectivity index (χ1n) is 10.5. The fourth-order valence-electron chi connectivity index (χ4n) is 3.51. The summed E-state index contributed by atoms with van der Waals surface area (Å²) in [7, 11) is 2.70. The Morgan fingerprint density at radius 1 is 0.889 bits per heavy atom. The topological polar surface area (TPSA) is 84.2 Å². The molecule has 1 heterocycles. The van der Waals surface area contributed by atoms with Gasteiger partial charge < -0.3 is 23.4 Å². The van der Waals surface area contributed by atoms with Gasteiger partial charge in [0, 0.05) is 6.07 Å². The number of benzene rings is 3. The van der Waals surface area contributed by atoms with E-state index in [9.17, 15) is 22.8 Å². The van der Waals surface area contributed by atoms with Crippen LogP contribution in [0.2, 0.25) is 0 Å².